The molecule has 3 atom stereocenters. The highest BCUT2D eigenvalue weighted by molar-refractivity contribution is 7.47. The Balaban J connectivity index is 4.43. The molecule has 0 heterocycles. The van der Waals surface area contributed by atoms with Gasteiger partial charge in [0.1, 0.15) is 0 Å². The average Bonchev–Trinajstić information content (AvgIpc) is 2.45. The maximum Gasteiger partial charge on any atom is 0.472 e. The summed E-state index contributed by atoms with van der Waals surface area (Å²) in [5.74, 6) is 0.0983. The Bertz CT molecular complexity index is 423. The molecule has 0 amide bonds. The number of rotatable bonds is 14. The monoisotopic (exact) mass is 390 g/mol. The molecule has 0 saturated carbocycles. The normalized spacial score (nSPS) is 17.7. The molecule has 0 aliphatic heterocycles. The highest BCUT2D eigenvalue weighted by Crippen LogP contribution is 2.45. The van der Waals surface area contributed by atoms with Crippen LogP contribution in [0.3, 0.4) is 0 Å². The molecule has 0 bridgehead atoms. The second kappa shape index (κ2) is 11.8. The molecule has 3 N–H and O–H groups in total. The molecule has 24 heavy (non-hydrogen) atoms. The van der Waals surface area contributed by atoms with Crippen molar-refractivity contribution in [2.24, 2.45) is 17.8 Å². The van der Waals surface area contributed by atoms with E-state index in [1.165, 1.54) is 0 Å². The summed E-state index contributed by atoms with van der Waals surface area (Å²) in [5.41, 5.74) is 0. The zero-order valence-corrected chi connectivity index (χ0v) is 16.7. The van der Waals surface area contributed by atoms with Crippen molar-refractivity contribution in [2.45, 2.75) is 53.4 Å². The van der Waals surface area contributed by atoms with Crippen LogP contribution in [0.15, 0.2) is 0 Å². The standard InChI is InChI=1S/C14H32O8P2/c1-5-7-13(9-20-23(15,16)17)10-21-24(18,19)22-11-14(8-6-2)12(3)4/h12-14H,5-11H2,1-4H3,(H,18,19)(H2,15,16,17). The number of phosphoric acid groups is 2. The van der Waals surface area contributed by atoms with E-state index in [9.17, 15) is 14.0 Å². The fraction of sp³-hybridized carbons (Fsp3) is 1.00. The van der Waals surface area contributed by atoms with E-state index in [0.717, 1.165) is 19.3 Å². The predicted molar refractivity (Wildman–Crippen MR) is 91.4 cm³/mol. The van der Waals surface area contributed by atoms with Crippen LogP contribution in [0.4, 0.5) is 0 Å². The largest absolute Gasteiger partial charge is 0.472 e. The van der Waals surface area contributed by atoms with Crippen molar-refractivity contribution in [3.05, 3.63) is 0 Å². The van der Waals surface area contributed by atoms with E-state index in [4.69, 9.17) is 18.8 Å². The molecule has 0 aliphatic carbocycles. The molecule has 0 aliphatic rings. The molecule has 0 spiro atoms. The molecule has 10 heteroatoms. The molecule has 0 aromatic heterocycles. The van der Waals surface area contributed by atoms with Crippen molar-refractivity contribution < 1.29 is 37.4 Å². The third kappa shape index (κ3) is 12.6. The van der Waals surface area contributed by atoms with E-state index in [2.05, 4.69) is 4.52 Å². The van der Waals surface area contributed by atoms with Crippen LogP contribution in [0.2, 0.25) is 0 Å². The lowest BCUT2D eigenvalue weighted by Crippen LogP contribution is -2.18. The Morgan fingerprint density at radius 3 is 1.79 bits per heavy atom. The summed E-state index contributed by atoms with van der Waals surface area (Å²) in [4.78, 5) is 27.2. The van der Waals surface area contributed by atoms with Gasteiger partial charge in [0.25, 0.3) is 0 Å². The molecule has 0 aromatic carbocycles. The van der Waals surface area contributed by atoms with E-state index < -0.39 is 21.6 Å². The first-order valence-corrected chi connectivity index (χ1v) is 11.3. The van der Waals surface area contributed by atoms with Crippen molar-refractivity contribution in [2.75, 3.05) is 19.8 Å². The van der Waals surface area contributed by atoms with Gasteiger partial charge in [0.15, 0.2) is 0 Å². The molecule has 8 nitrogen and oxygen atoms in total. The molecule has 0 saturated heterocycles. The van der Waals surface area contributed by atoms with Crippen LogP contribution >= 0.6 is 15.6 Å². The maximum absolute atomic E-state index is 12.0. The minimum Gasteiger partial charge on any atom is -0.303 e. The van der Waals surface area contributed by atoms with E-state index in [1.807, 2.05) is 27.7 Å². The Labute approximate surface area is 144 Å². The minimum absolute atomic E-state index is 0.136. The highest BCUT2D eigenvalue weighted by Gasteiger charge is 2.27. The zero-order valence-electron chi connectivity index (χ0n) is 15.0. The van der Waals surface area contributed by atoms with Crippen LogP contribution < -0.4 is 0 Å². The molecule has 0 radical (unpaired) electrons. The van der Waals surface area contributed by atoms with Crippen molar-refractivity contribution in [3.63, 3.8) is 0 Å². The van der Waals surface area contributed by atoms with E-state index >= 15 is 0 Å². The van der Waals surface area contributed by atoms with Crippen LogP contribution in [-0.2, 0) is 22.7 Å². The Morgan fingerprint density at radius 1 is 0.833 bits per heavy atom. The van der Waals surface area contributed by atoms with Gasteiger partial charge in [0.2, 0.25) is 0 Å². The van der Waals surface area contributed by atoms with Crippen molar-refractivity contribution in [3.8, 4) is 0 Å². The summed E-state index contributed by atoms with van der Waals surface area (Å²) in [6.45, 7) is 7.71. The van der Waals surface area contributed by atoms with Crippen LogP contribution in [-0.4, -0.2) is 34.5 Å². The molecule has 0 aromatic rings. The van der Waals surface area contributed by atoms with Gasteiger partial charge in [0.05, 0.1) is 19.8 Å². The summed E-state index contributed by atoms with van der Waals surface area (Å²) in [5, 5.41) is 0. The molecular formula is C14H32O8P2. The van der Waals surface area contributed by atoms with Crippen molar-refractivity contribution in [1.29, 1.82) is 0 Å². The summed E-state index contributed by atoms with van der Waals surface area (Å²) in [6.07, 6.45) is 3.12. The first-order valence-electron chi connectivity index (χ1n) is 8.32. The molecule has 0 rings (SSSR count). The highest BCUT2D eigenvalue weighted by atomic mass is 31.2. The molecule has 0 fully saturated rings. The Kier molecular flexibility index (Phi) is 11.9. The first kappa shape index (κ1) is 24.2. The van der Waals surface area contributed by atoms with Gasteiger partial charge in [-0.05, 0) is 24.7 Å². The van der Waals surface area contributed by atoms with Gasteiger partial charge in [-0.1, -0.05) is 40.5 Å². The van der Waals surface area contributed by atoms with Crippen molar-refractivity contribution >= 4 is 15.6 Å². The van der Waals surface area contributed by atoms with Gasteiger partial charge in [-0.3, -0.25) is 13.6 Å². The van der Waals surface area contributed by atoms with E-state index in [0.29, 0.717) is 12.3 Å². The van der Waals surface area contributed by atoms with Gasteiger partial charge in [-0.25, -0.2) is 9.13 Å². The second-order valence-corrected chi connectivity index (χ2v) is 8.99. The van der Waals surface area contributed by atoms with Crippen LogP contribution in [0.1, 0.15) is 53.4 Å². The zero-order chi connectivity index (χ0) is 18.8. The summed E-state index contributed by atoms with van der Waals surface area (Å²) in [6, 6.07) is 0. The Hall–Kier alpha value is 0.220. The van der Waals surface area contributed by atoms with Crippen LogP contribution in [0.5, 0.6) is 0 Å². The lowest BCUT2D eigenvalue weighted by Gasteiger charge is -2.23. The second-order valence-electron chi connectivity index (χ2n) is 6.29. The van der Waals surface area contributed by atoms with Crippen LogP contribution in [0.25, 0.3) is 0 Å². The quantitative estimate of drug-likeness (QED) is 0.384. The minimum atomic E-state index is -4.57. The van der Waals surface area contributed by atoms with Crippen LogP contribution in [0, 0.1) is 17.8 Å². The average molecular weight is 390 g/mol. The molecular weight excluding hydrogens is 358 g/mol. The fourth-order valence-electron chi connectivity index (χ4n) is 2.23. The topological polar surface area (TPSA) is 123 Å². The predicted octanol–water partition coefficient (Wildman–Crippen LogP) is 3.72. The maximum atomic E-state index is 12.0. The lowest BCUT2D eigenvalue weighted by atomic mass is 9.92. The lowest BCUT2D eigenvalue weighted by molar-refractivity contribution is 0.0859. The number of phosphoric ester groups is 2. The van der Waals surface area contributed by atoms with Gasteiger partial charge < -0.3 is 14.7 Å². The SMILES string of the molecule is CCCC(COP(=O)(O)O)COP(=O)(O)OCC(CCC)C(C)C. The van der Waals surface area contributed by atoms with Crippen molar-refractivity contribution in [1.82, 2.24) is 0 Å². The summed E-state index contributed by atoms with van der Waals surface area (Å²) >= 11 is 0. The molecule has 3 unspecified atom stereocenters. The van der Waals surface area contributed by atoms with Gasteiger partial charge in [-0.15, -0.1) is 0 Å². The van der Waals surface area contributed by atoms with Gasteiger partial charge in [-0.2, -0.15) is 0 Å². The van der Waals surface area contributed by atoms with Gasteiger partial charge in [0, 0.05) is 5.92 Å². The van der Waals surface area contributed by atoms with E-state index in [-0.39, 0.29) is 25.7 Å². The van der Waals surface area contributed by atoms with E-state index in [1.54, 1.807) is 0 Å². The summed E-state index contributed by atoms with van der Waals surface area (Å²) in [7, 11) is -8.77. The van der Waals surface area contributed by atoms with Gasteiger partial charge >= 0.3 is 15.6 Å². The smallest absolute Gasteiger partial charge is 0.303 e. The number of hydrogen-bond donors (Lipinski definition) is 3. The number of hydrogen-bond acceptors (Lipinski definition) is 5. The fourth-order valence-corrected chi connectivity index (χ4v) is 3.49. The third-order valence-corrected chi connectivity index (χ3v) is 5.14. The molecule has 146 valence electrons. The first-order chi connectivity index (χ1) is 11.0. The summed E-state index contributed by atoms with van der Waals surface area (Å²) < 4.78 is 37.2. The third-order valence-electron chi connectivity index (χ3n) is 3.70. The Morgan fingerprint density at radius 2 is 1.33 bits per heavy atom.